The molecule has 0 fully saturated rings. The average Bonchev–Trinajstić information content (AvgIpc) is 2.03. The van der Waals surface area contributed by atoms with Crippen molar-refractivity contribution >= 4 is 0 Å². The maximum Gasteiger partial charge on any atom is 0.123 e. The first-order chi connectivity index (χ1) is 5.84. The van der Waals surface area contributed by atoms with Crippen LogP contribution in [-0.4, -0.2) is 11.7 Å². The van der Waals surface area contributed by atoms with Gasteiger partial charge in [0.25, 0.3) is 0 Å². The van der Waals surface area contributed by atoms with E-state index in [2.05, 4.69) is 13.2 Å². The summed E-state index contributed by atoms with van der Waals surface area (Å²) in [4.78, 5) is 0. The molecule has 0 radical (unpaired) electrons. The highest BCUT2D eigenvalue weighted by molar-refractivity contribution is 5.36. The van der Waals surface area contributed by atoms with Gasteiger partial charge in [-0.15, -0.1) is 0 Å². The van der Waals surface area contributed by atoms with Gasteiger partial charge in [0.2, 0.25) is 0 Å². The molecular formula is C11H19NO. The minimum atomic E-state index is -0.145. The fourth-order valence-corrected chi connectivity index (χ4v) is 0.826. The molecule has 0 saturated carbocycles. The van der Waals surface area contributed by atoms with Crippen LogP contribution in [0.5, 0.6) is 0 Å². The van der Waals surface area contributed by atoms with Crippen molar-refractivity contribution in [3.05, 3.63) is 36.1 Å². The molecule has 0 unspecified atom stereocenters. The molecule has 0 aliphatic rings. The van der Waals surface area contributed by atoms with E-state index in [1.807, 2.05) is 20.8 Å². The minimum absolute atomic E-state index is 0.145. The zero-order chi connectivity index (χ0) is 10.6. The first kappa shape index (κ1) is 12.0. The number of rotatable bonds is 3. The second-order valence-electron chi connectivity index (χ2n) is 4.01. The third kappa shape index (κ3) is 3.07. The summed E-state index contributed by atoms with van der Waals surface area (Å²) in [6.07, 6.45) is 1.56. The van der Waals surface area contributed by atoms with Crippen molar-refractivity contribution in [2.24, 2.45) is 11.1 Å². The van der Waals surface area contributed by atoms with Crippen LogP contribution in [0.3, 0.4) is 0 Å². The summed E-state index contributed by atoms with van der Waals surface area (Å²) in [6, 6.07) is 0. The molecule has 0 rings (SSSR count). The van der Waals surface area contributed by atoms with E-state index in [0.717, 1.165) is 0 Å². The maximum atomic E-state index is 9.74. The molecule has 0 amide bonds. The van der Waals surface area contributed by atoms with Crippen LogP contribution in [0.2, 0.25) is 0 Å². The van der Waals surface area contributed by atoms with Crippen LogP contribution in [0, 0.1) is 5.41 Å². The summed E-state index contributed by atoms with van der Waals surface area (Å²) in [7, 11) is 0. The molecule has 2 nitrogen and oxygen atoms in total. The molecule has 0 aromatic rings. The average molecular weight is 181 g/mol. The zero-order valence-corrected chi connectivity index (χ0v) is 8.72. The second-order valence-corrected chi connectivity index (χ2v) is 4.01. The standard InChI is InChI=1S/C11H19NO/c1-6-9(7-12)10(13)8(2)11(3,4)5/h6,13H,1-2,7,12H2,3-5H3/b10-9-. The van der Waals surface area contributed by atoms with Gasteiger partial charge in [0, 0.05) is 12.1 Å². The molecule has 2 heteroatoms. The van der Waals surface area contributed by atoms with E-state index in [-0.39, 0.29) is 17.7 Å². The van der Waals surface area contributed by atoms with E-state index in [0.29, 0.717) is 11.1 Å². The van der Waals surface area contributed by atoms with E-state index < -0.39 is 0 Å². The van der Waals surface area contributed by atoms with Crippen molar-refractivity contribution in [1.82, 2.24) is 0 Å². The van der Waals surface area contributed by atoms with Crippen LogP contribution >= 0.6 is 0 Å². The molecule has 0 aliphatic heterocycles. The molecule has 0 bridgehead atoms. The first-order valence-corrected chi connectivity index (χ1v) is 4.29. The lowest BCUT2D eigenvalue weighted by atomic mass is 9.85. The molecule has 0 atom stereocenters. The summed E-state index contributed by atoms with van der Waals surface area (Å²) in [5.74, 6) is 0.171. The Morgan fingerprint density at radius 2 is 1.92 bits per heavy atom. The Kier molecular flexibility index (Phi) is 3.95. The van der Waals surface area contributed by atoms with E-state index >= 15 is 0 Å². The van der Waals surface area contributed by atoms with Crippen molar-refractivity contribution < 1.29 is 5.11 Å². The Morgan fingerprint density at radius 3 is 2.15 bits per heavy atom. The second kappa shape index (κ2) is 4.28. The number of nitrogens with two attached hydrogens (primary N) is 1. The molecule has 0 spiro atoms. The largest absolute Gasteiger partial charge is 0.507 e. The molecular weight excluding hydrogens is 162 g/mol. The molecule has 3 N–H and O–H groups in total. The molecule has 0 aromatic heterocycles. The topological polar surface area (TPSA) is 46.2 Å². The molecule has 13 heavy (non-hydrogen) atoms. The van der Waals surface area contributed by atoms with Crippen LogP contribution in [0.25, 0.3) is 0 Å². The summed E-state index contributed by atoms with van der Waals surface area (Å²) in [5, 5.41) is 9.74. The first-order valence-electron chi connectivity index (χ1n) is 4.29. The smallest absolute Gasteiger partial charge is 0.123 e. The van der Waals surface area contributed by atoms with Gasteiger partial charge in [-0.2, -0.15) is 0 Å². The highest BCUT2D eigenvalue weighted by Gasteiger charge is 2.19. The highest BCUT2D eigenvalue weighted by atomic mass is 16.3. The van der Waals surface area contributed by atoms with E-state index in [9.17, 15) is 5.11 Å². The van der Waals surface area contributed by atoms with Gasteiger partial charge in [-0.3, -0.25) is 0 Å². The maximum absolute atomic E-state index is 9.74. The quantitative estimate of drug-likeness (QED) is 0.519. The number of allylic oxidation sites excluding steroid dienone is 1. The molecule has 0 aromatic carbocycles. The van der Waals surface area contributed by atoms with Gasteiger partial charge >= 0.3 is 0 Å². The Bertz CT molecular complexity index is 243. The van der Waals surface area contributed by atoms with Crippen LogP contribution in [0.4, 0.5) is 0 Å². The summed E-state index contributed by atoms with van der Waals surface area (Å²) < 4.78 is 0. The van der Waals surface area contributed by atoms with Crippen LogP contribution in [0.1, 0.15) is 20.8 Å². The Hall–Kier alpha value is -1.02. The van der Waals surface area contributed by atoms with Crippen molar-refractivity contribution in [2.45, 2.75) is 20.8 Å². The van der Waals surface area contributed by atoms with Crippen LogP contribution < -0.4 is 5.73 Å². The van der Waals surface area contributed by atoms with E-state index in [1.54, 1.807) is 6.08 Å². The van der Waals surface area contributed by atoms with Gasteiger partial charge in [-0.05, 0) is 11.0 Å². The Morgan fingerprint density at radius 1 is 1.46 bits per heavy atom. The summed E-state index contributed by atoms with van der Waals surface area (Å²) in [5.41, 5.74) is 6.62. The lowest BCUT2D eigenvalue weighted by Gasteiger charge is -2.22. The molecule has 0 saturated heterocycles. The zero-order valence-electron chi connectivity index (χ0n) is 8.72. The van der Waals surface area contributed by atoms with Crippen LogP contribution in [-0.2, 0) is 0 Å². The number of hydrogen-bond donors (Lipinski definition) is 2. The van der Waals surface area contributed by atoms with Crippen LogP contribution in [0.15, 0.2) is 36.1 Å². The normalized spacial score (nSPS) is 13.5. The fraction of sp³-hybridized carbons (Fsp3) is 0.455. The van der Waals surface area contributed by atoms with Crippen molar-refractivity contribution in [1.29, 1.82) is 0 Å². The van der Waals surface area contributed by atoms with Gasteiger partial charge in [0.05, 0.1) is 0 Å². The van der Waals surface area contributed by atoms with Crippen molar-refractivity contribution in [3.8, 4) is 0 Å². The lowest BCUT2D eigenvalue weighted by Crippen LogP contribution is -2.14. The number of aliphatic hydroxyl groups excluding tert-OH is 1. The molecule has 74 valence electrons. The summed E-state index contributed by atoms with van der Waals surface area (Å²) in [6.45, 7) is 13.7. The highest BCUT2D eigenvalue weighted by Crippen LogP contribution is 2.29. The van der Waals surface area contributed by atoms with Crippen molar-refractivity contribution in [2.75, 3.05) is 6.54 Å². The van der Waals surface area contributed by atoms with Gasteiger partial charge < -0.3 is 10.8 Å². The Labute approximate surface area is 80.5 Å². The van der Waals surface area contributed by atoms with Crippen molar-refractivity contribution in [3.63, 3.8) is 0 Å². The van der Waals surface area contributed by atoms with Gasteiger partial charge in [0.15, 0.2) is 0 Å². The third-order valence-corrected chi connectivity index (χ3v) is 1.96. The molecule has 0 aliphatic carbocycles. The fourth-order valence-electron chi connectivity index (χ4n) is 0.826. The van der Waals surface area contributed by atoms with Gasteiger partial charge in [-0.25, -0.2) is 0 Å². The lowest BCUT2D eigenvalue weighted by molar-refractivity contribution is 0.375. The molecule has 0 heterocycles. The monoisotopic (exact) mass is 181 g/mol. The predicted octanol–water partition coefficient (Wildman–Crippen LogP) is 2.55. The minimum Gasteiger partial charge on any atom is -0.507 e. The SMILES string of the molecule is C=C/C(CN)=C(/O)C(=C)C(C)(C)C. The number of hydrogen-bond acceptors (Lipinski definition) is 2. The van der Waals surface area contributed by atoms with Gasteiger partial charge in [-0.1, -0.05) is 40.0 Å². The van der Waals surface area contributed by atoms with E-state index in [4.69, 9.17) is 5.73 Å². The predicted molar refractivity (Wildman–Crippen MR) is 57.5 cm³/mol. The van der Waals surface area contributed by atoms with Gasteiger partial charge in [0.1, 0.15) is 5.76 Å². The Balaban J connectivity index is 4.98. The third-order valence-electron chi connectivity index (χ3n) is 1.96. The van der Waals surface area contributed by atoms with E-state index in [1.165, 1.54) is 0 Å². The summed E-state index contributed by atoms with van der Waals surface area (Å²) >= 11 is 0. The number of aliphatic hydroxyl groups is 1.